The summed E-state index contributed by atoms with van der Waals surface area (Å²) in [7, 11) is -3.16. The molecule has 0 spiro atoms. The van der Waals surface area contributed by atoms with Crippen LogP contribution in [0.3, 0.4) is 0 Å². The van der Waals surface area contributed by atoms with Crippen molar-refractivity contribution >= 4 is 36.7 Å². The average Bonchev–Trinajstić information content (AvgIpc) is 2.51. The van der Waals surface area contributed by atoms with Gasteiger partial charge in [0.2, 0.25) is 5.91 Å². The van der Waals surface area contributed by atoms with Crippen molar-refractivity contribution in [1.82, 2.24) is 0 Å². The van der Waals surface area contributed by atoms with E-state index in [-0.39, 0.29) is 5.91 Å². The minimum absolute atomic E-state index is 0.0201. The molecule has 120 valence electrons. The summed E-state index contributed by atoms with van der Waals surface area (Å²) < 4.78 is 20.2. The number of oxime groups is 1. The summed E-state index contributed by atoms with van der Waals surface area (Å²) >= 11 is 5.99. The standard InChI is InChI=1S/C13H16ClN2O5P/c1-3-13(17)16-7-6-11(15-21-22(18,19)20-2)10-8-9(14)4-5-12(10)16/h4-5,8H,3,6-7H2,1-2H3,(H,18,19). The van der Waals surface area contributed by atoms with E-state index in [2.05, 4.69) is 14.3 Å². The summed E-state index contributed by atoms with van der Waals surface area (Å²) in [5.41, 5.74) is 1.68. The Bertz CT molecular complexity index is 664. The topological polar surface area (TPSA) is 88.4 Å². The van der Waals surface area contributed by atoms with E-state index >= 15 is 0 Å². The molecule has 1 aromatic rings. The van der Waals surface area contributed by atoms with Gasteiger partial charge in [0.15, 0.2) is 0 Å². The van der Waals surface area contributed by atoms with Crippen LogP contribution in [0.1, 0.15) is 25.3 Å². The van der Waals surface area contributed by atoms with Crippen molar-refractivity contribution in [2.24, 2.45) is 5.16 Å². The molecule has 1 amide bonds. The van der Waals surface area contributed by atoms with Gasteiger partial charge in [0.1, 0.15) is 0 Å². The molecule has 1 aromatic carbocycles. The van der Waals surface area contributed by atoms with Gasteiger partial charge >= 0.3 is 7.82 Å². The molecule has 0 aliphatic carbocycles. The van der Waals surface area contributed by atoms with Crippen LogP contribution in [-0.2, 0) is 18.5 Å². The minimum atomic E-state index is -4.20. The van der Waals surface area contributed by atoms with Crippen molar-refractivity contribution in [3.05, 3.63) is 28.8 Å². The molecule has 22 heavy (non-hydrogen) atoms. The van der Waals surface area contributed by atoms with Crippen LogP contribution in [0, 0.1) is 0 Å². The third kappa shape index (κ3) is 3.67. The largest absolute Gasteiger partial charge is 0.547 e. The molecule has 1 aliphatic rings. The van der Waals surface area contributed by atoms with E-state index in [4.69, 9.17) is 11.6 Å². The van der Waals surface area contributed by atoms with Crippen LogP contribution < -0.4 is 4.90 Å². The molecule has 1 atom stereocenters. The van der Waals surface area contributed by atoms with Crippen molar-refractivity contribution in [3.8, 4) is 0 Å². The summed E-state index contributed by atoms with van der Waals surface area (Å²) in [6.07, 6.45) is 0.753. The van der Waals surface area contributed by atoms with Gasteiger partial charge in [-0.2, -0.15) is 0 Å². The van der Waals surface area contributed by atoms with E-state index in [0.29, 0.717) is 41.4 Å². The lowest BCUT2D eigenvalue weighted by Gasteiger charge is -2.30. The molecule has 0 saturated heterocycles. The lowest BCUT2D eigenvalue weighted by atomic mass is 9.99. The molecule has 1 unspecified atom stereocenters. The number of carbonyl (C=O) groups is 1. The summed E-state index contributed by atoms with van der Waals surface area (Å²) in [5, 5.41) is 4.18. The maximum absolute atomic E-state index is 12.0. The van der Waals surface area contributed by atoms with Crippen LogP contribution >= 0.6 is 19.4 Å². The zero-order chi connectivity index (χ0) is 16.3. The quantitative estimate of drug-likeness (QED) is 0.669. The average molecular weight is 347 g/mol. The Hall–Kier alpha value is -1.40. The fourth-order valence-electron chi connectivity index (χ4n) is 2.13. The number of nitrogens with zero attached hydrogens (tertiary/aromatic N) is 2. The fraction of sp³-hybridized carbons (Fsp3) is 0.385. The molecule has 1 heterocycles. The van der Waals surface area contributed by atoms with Crippen LogP contribution in [0.5, 0.6) is 0 Å². The van der Waals surface area contributed by atoms with Gasteiger partial charge in [0, 0.05) is 37.1 Å². The van der Waals surface area contributed by atoms with Gasteiger partial charge in [-0.3, -0.25) is 18.8 Å². The van der Waals surface area contributed by atoms with Crippen LogP contribution in [-0.4, -0.2) is 30.2 Å². The zero-order valence-corrected chi connectivity index (χ0v) is 13.8. The van der Waals surface area contributed by atoms with Gasteiger partial charge in [-0.1, -0.05) is 23.7 Å². The van der Waals surface area contributed by atoms with Crippen molar-refractivity contribution in [1.29, 1.82) is 0 Å². The Morgan fingerprint density at radius 2 is 2.27 bits per heavy atom. The van der Waals surface area contributed by atoms with Crippen molar-refractivity contribution in [2.75, 3.05) is 18.6 Å². The number of anilines is 1. The lowest BCUT2D eigenvalue weighted by Crippen LogP contribution is -2.37. The first-order valence-corrected chi connectivity index (χ1v) is 8.49. The Balaban J connectivity index is 2.40. The predicted octanol–water partition coefficient (Wildman–Crippen LogP) is 2.95. The van der Waals surface area contributed by atoms with Crippen molar-refractivity contribution in [3.63, 3.8) is 0 Å². The summed E-state index contributed by atoms with van der Waals surface area (Å²) in [4.78, 5) is 22.9. The van der Waals surface area contributed by atoms with Gasteiger partial charge in [0.25, 0.3) is 0 Å². The van der Waals surface area contributed by atoms with Crippen molar-refractivity contribution < 1.29 is 23.4 Å². The highest BCUT2D eigenvalue weighted by Crippen LogP contribution is 2.43. The smallest absolute Gasteiger partial charge is 0.311 e. The van der Waals surface area contributed by atoms with Gasteiger partial charge in [-0.25, -0.2) is 4.57 Å². The summed E-state index contributed by atoms with van der Waals surface area (Å²) in [5.74, 6) is -0.0201. The zero-order valence-electron chi connectivity index (χ0n) is 12.2. The molecule has 0 bridgehead atoms. The highest BCUT2D eigenvalue weighted by Gasteiger charge is 2.27. The highest BCUT2D eigenvalue weighted by atomic mass is 35.5. The Kier molecular flexibility index (Phi) is 5.24. The van der Waals surface area contributed by atoms with Crippen LogP contribution in [0.15, 0.2) is 23.4 Å². The third-order valence-electron chi connectivity index (χ3n) is 3.22. The van der Waals surface area contributed by atoms with E-state index < -0.39 is 7.82 Å². The Morgan fingerprint density at radius 3 is 2.91 bits per heavy atom. The first kappa shape index (κ1) is 17.0. The number of halogens is 1. The maximum Gasteiger partial charge on any atom is 0.547 e. The molecular weight excluding hydrogens is 331 g/mol. The van der Waals surface area contributed by atoms with Crippen LogP contribution in [0.4, 0.5) is 5.69 Å². The minimum Gasteiger partial charge on any atom is -0.311 e. The van der Waals surface area contributed by atoms with Gasteiger partial charge < -0.3 is 4.90 Å². The second-order valence-electron chi connectivity index (χ2n) is 4.58. The fourth-order valence-corrected chi connectivity index (χ4v) is 2.57. The number of hydrogen-bond acceptors (Lipinski definition) is 5. The molecule has 1 aliphatic heterocycles. The monoisotopic (exact) mass is 346 g/mol. The van der Waals surface area contributed by atoms with Crippen molar-refractivity contribution in [2.45, 2.75) is 19.8 Å². The predicted molar refractivity (Wildman–Crippen MR) is 83.2 cm³/mol. The Labute approximate surface area is 133 Å². The highest BCUT2D eigenvalue weighted by molar-refractivity contribution is 7.47. The van der Waals surface area contributed by atoms with Gasteiger partial charge in [-0.15, -0.1) is 0 Å². The molecule has 0 radical (unpaired) electrons. The second-order valence-corrected chi connectivity index (χ2v) is 6.48. The number of fused-ring (bicyclic) bond motifs is 1. The normalized spacial score (nSPS) is 18.7. The number of phosphoric acid groups is 1. The van der Waals surface area contributed by atoms with Gasteiger partial charge in [-0.05, 0) is 18.2 Å². The van der Waals surface area contributed by atoms with E-state index in [1.54, 1.807) is 30.0 Å². The van der Waals surface area contributed by atoms with E-state index in [9.17, 15) is 14.3 Å². The Morgan fingerprint density at radius 1 is 1.55 bits per heavy atom. The molecule has 0 aromatic heterocycles. The van der Waals surface area contributed by atoms with E-state index in [1.807, 2.05) is 0 Å². The second kappa shape index (κ2) is 6.79. The molecule has 0 saturated carbocycles. The molecular formula is C13H16ClN2O5P. The summed E-state index contributed by atoms with van der Waals surface area (Å²) in [6, 6.07) is 5.03. The molecule has 0 fully saturated rings. The molecule has 2 rings (SSSR count). The molecule has 1 N–H and O–H groups in total. The van der Waals surface area contributed by atoms with E-state index in [0.717, 1.165) is 7.11 Å². The number of amides is 1. The number of phosphoric ester groups is 1. The SMILES string of the molecule is CCC(=O)N1CCC(=NOP(=O)(O)OC)c2cc(Cl)ccc21. The molecule has 9 heteroatoms. The van der Waals surface area contributed by atoms with Crippen LogP contribution in [0.2, 0.25) is 5.02 Å². The number of benzene rings is 1. The number of carbonyl (C=O) groups excluding carboxylic acids is 1. The van der Waals surface area contributed by atoms with E-state index in [1.165, 1.54) is 0 Å². The van der Waals surface area contributed by atoms with Gasteiger partial charge in [0.05, 0.1) is 11.4 Å². The number of rotatable bonds is 4. The first-order chi connectivity index (χ1) is 10.4. The van der Waals surface area contributed by atoms with Crippen LogP contribution in [0.25, 0.3) is 0 Å². The number of hydrogen-bond donors (Lipinski definition) is 1. The summed E-state index contributed by atoms with van der Waals surface area (Å²) in [6.45, 7) is 2.19. The third-order valence-corrected chi connectivity index (χ3v) is 4.21. The maximum atomic E-state index is 12.0. The lowest BCUT2D eigenvalue weighted by molar-refractivity contribution is -0.118. The first-order valence-electron chi connectivity index (χ1n) is 6.62. The molecule has 7 nitrogen and oxygen atoms in total.